The van der Waals surface area contributed by atoms with Gasteiger partial charge in [0.15, 0.2) is 5.65 Å². The molecule has 1 aliphatic rings. The summed E-state index contributed by atoms with van der Waals surface area (Å²) in [5, 5.41) is 7.48. The number of nitrogens with zero attached hydrogens (tertiary/aromatic N) is 3. The number of fused-ring (bicyclic) bond motifs is 3. The highest BCUT2D eigenvalue weighted by Gasteiger charge is 2.40. The summed E-state index contributed by atoms with van der Waals surface area (Å²) >= 11 is 0. The molecule has 1 N–H and O–H groups in total. The lowest BCUT2D eigenvalue weighted by molar-refractivity contribution is 0.0925. The lowest BCUT2D eigenvalue weighted by atomic mass is 10.0. The number of ether oxygens (including phenoxy) is 1. The van der Waals surface area contributed by atoms with Crippen molar-refractivity contribution in [3.05, 3.63) is 71.7 Å². The maximum Gasteiger partial charge on any atom is 0.267 e. The number of aromatic amines is 1. The predicted octanol–water partition coefficient (Wildman–Crippen LogP) is 3.57. The van der Waals surface area contributed by atoms with Gasteiger partial charge in [0, 0.05) is 11.8 Å². The number of para-hydroxylation sites is 1. The van der Waals surface area contributed by atoms with Crippen LogP contribution in [0.15, 0.2) is 54.7 Å². The van der Waals surface area contributed by atoms with Gasteiger partial charge < -0.3 is 4.74 Å². The molecule has 3 heterocycles. The number of hydrogen-bond donors (Lipinski definition) is 1. The van der Waals surface area contributed by atoms with Crippen molar-refractivity contribution in [1.29, 1.82) is 0 Å². The summed E-state index contributed by atoms with van der Waals surface area (Å²) in [5.41, 5.74) is 1.76. The number of carbonyl (C=O) groups excluding carboxylic acids is 2. The van der Waals surface area contributed by atoms with Gasteiger partial charge in [0.1, 0.15) is 11.6 Å². The maximum absolute atomic E-state index is 14.3. The Morgan fingerprint density at radius 1 is 1.03 bits per heavy atom. The number of imide groups is 1. The predicted molar refractivity (Wildman–Crippen MR) is 103 cm³/mol. The van der Waals surface area contributed by atoms with Crippen LogP contribution in [0.2, 0.25) is 0 Å². The van der Waals surface area contributed by atoms with Crippen LogP contribution in [0.25, 0.3) is 22.3 Å². The van der Waals surface area contributed by atoms with Crippen LogP contribution >= 0.6 is 0 Å². The highest BCUT2D eigenvalue weighted by molar-refractivity contribution is 6.38. The standard InChI is InChI=1S/C21H13FN4O3/c1-29-12-8-6-11(7-9-12)18-17-16-13(10-23-19(17)25-24-18)20(27)26(21(16)28)15-5-3-2-4-14(15)22/h2-10H,1H3,(H,23,24,25). The van der Waals surface area contributed by atoms with E-state index in [1.807, 2.05) is 0 Å². The van der Waals surface area contributed by atoms with Crippen molar-refractivity contribution in [1.82, 2.24) is 15.2 Å². The number of rotatable bonds is 3. The molecule has 7 nitrogen and oxygen atoms in total. The average molecular weight is 388 g/mol. The van der Waals surface area contributed by atoms with E-state index >= 15 is 0 Å². The molecule has 8 heteroatoms. The Hall–Kier alpha value is -4.07. The molecule has 2 amide bonds. The van der Waals surface area contributed by atoms with E-state index < -0.39 is 17.6 Å². The van der Waals surface area contributed by atoms with Gasteiger partial charge in [-0.1, -0.05) is 12.1 Å². The van der Waals surface area contributed by atoms with Crippen LogP contribution in [-0.4, -0.2) is 34.1 Å². The number of anilines is 1. The first kappa shape index (κ1) is 17.1. The van der Waals surface area contributed by atoms with Crippen LogP contribution in [0.1, 0.15) is 20.7 Å². The highest BCUT2D eigenvalue weighted by atomic mass is 19.1. The SMILES string of the molecule is COc1ccc(-c2[nH]nc3ncc4c(c23)C(=O)N(c2ccccc2F)C4=O)cc1. The fraction of sp³-hybridized carbons (Fsp3) is 0.0476. The minimum atomic E-state index is -0.659. The van der Waals surface area contributed by atoms with Gasteiger partial charge in [0.05, 0.1) is 35.0 Å². The molecule has 0 saturated carbocycles. The van der Waals surface area contributed by atoms with Gasteiger partial charge in [-0.25, -0.2) is 14.3 Å². The van der Waals surface area contributed by atoms with Crippen LogP contribution in [-0.2, 0) is 0 Å². The number of H-pyrrole nitrogens is 1. The zero-order valence-electron chi connectivity index (χ0n) is 15.1. The molecule has 0 aliphatic carbocycles. The third-order valence-corrected chi connectivity index (χ3v) is 4.90. The molecule has 2 aromatic carbocycles. The van der Waals surface area contributed by atoms with Gasteiger partial charge in [-0.15, -0.1) is 0 Å². The van der Waals surface area contributed by atoms with Crippen molar-refractivity contribution in [2.45, 2.75) is 0 Å². The third-order valence-electron chi connectivity index (χ3n) is 4.90. The average Bonchev–Trinajstić information content (AvgIpc) is 3.28. The molecule has 2 aromatic heterocycles. The summed E-state index contributed by atoms with van der Waals surface area (Å²) in [4.78, 5) is 31.2. The number of amides is 2. The number of pyridine rings is 1. The molecule has 1 aliphatic heterocycles. The first-order valence-electron chi connectivity index (χ1n) is 8.75. The van der Waals surface area contributed by atoms with E-state index in [9.17, 15) is 14.0 Å². The van der Waals surface area contributed by atoms with Crippen LogP contribution in [0, 0.1) is 5.82 Å². The monoisotopic (exact) mass is 388 g/mol. The number of halogens is 1. The highest BCUT2D eigenvalue weighted by Crippen LogP contribution is 2.37. The maximum atomic E-state index is 14.3. The van der Waals surface area contributed by atoms with E-state index in [1.54, 1.807) is 37.4 Å². The van der Waals surface area contributed by atoms with Crippen LogP contribution in [0.4, 0.5) is 10.1 Å². The molecule has 4 aromatic rings. The summed E-state index contributed by atoms with van der Waals surface area (Å²) < 4.78 is 19.5. The van der Waals surface area contributed by atoms with Crippen molar-refractivity contribution in [3.8, 4) is 17.0 Å². The molecule has 0 fully saturated rings. The lowest BCUT2D eigenvalue weighted by Crippen LogP contribution is -2.30. The molecular formula is C21H13FN4O3. The van der Waals surface area contributed by atoms with E-state index in [2.05, 4.69) is 15.2 Å². The molecule has 5 rings (SSSR count). The number of aromatic nitrogens is 3. The number of nitrogens with one attached hydrogen (secondary N) is 1. The van der Waals surface area contributed by atoms with E-state index in [-0.39, 0.29) is 16.8 Å². The van der Waals surface area contributed by atoms with Crippen LogP contribution < -0.4 is 9.64 Å². The van der Waals surface area contributed by atoms with Crippen molar-refractivity contribution < 1.29 is 18.7 Å². The molecule has 0 radical (unpaired) electrons. The fourth-order valence-corrected chi connectivity index (χ4v) is 3.51. The van der Waals surface area contributed by atoms with Gasteiger partial charge in [-0.3, -0.25) is 14.7 Å². The molecule has 0 saturated heterocycles. The summed E-state index contributed by atoms with van der Waals surface area (Å²) in [6.45, 7) is 0. The van der Waals surface area contributed by atoms with Crippen LogP contribution in [0.3, 0.4) is 0 Å². The largest absolute Gasteiger partial charge is 0.497 e. The van der Waals surface area contributed by atoms with Crippen molar-refractivity contribution in [2.75, 3.05) is 12.0 Å². The minimum absolute atomic E-state index is 0.0960. The van der Waals surface area contributed by atoms with Crippen molar-refractivity contribution >= 4 is 28.5 Å². The quantitative estimate of drug-likeness (QED) is 0.542. The zero-order chi connectivity index (χ0) is 20.1. The van der Waals surface area contributed by atoms with Gasteiger partial charge in [0.2, 0.25) is 0 Å². The molecular weight excluding hydrogens is 375 g/mol. The Morgan fingerprint density at radius 2 is 1.79 bits per heavy atom. The number of hydrogen-bond acceptors (Lipinski definition) is 5. The molecule has 0 atom stereocenters. The van der Waals surface area contributed by atoms with Crippen molar-refractivity contribution in [2.24, 2.45) is 0 Å². The number of methoxy groups -OCH3 is 1. The Morgan fingerprint density at radius 3 is 2.52 bits per heavy atom. The number of carbonyl (C=O) groups is 2. The van der Waals surface area contributed by atoms with Gasteiger partial charge in [0.25, 0.3) is 11.8 Å². The van der Waals surface area contributed by atoms with E-state index in [4.69, 9.17) is 4.74 Å². The smallest absolute Gasteiger partial charge is 0.267 e. The van der Waals surface area contributed by atoms with Crippen LogP contribution in [0.5, 0.6) is 5.75 Å². The summed E-state index contributed by atoms with van der Waals surface area (Å²) in [6.07, 6.45) is 1.30. The van der Waals surface area contributed by atoms with Gasteiger partial charge in [-0.2, -0.15) is 5.10 Å². The summed E-state index contributed by atoms with van der Waals surface area (Å²) in [7, 11) is 1.57. The van der Waals surface area contributed by atoms with E-state index in [1.165, 1.54) is 24.4 Å². The van der Waals surface area contributed by atoms with Crippen molar-refractivity contribution in [3.63, 3.8) is 0 Å². The molecule has 0 spiro atoms. The third kappa shape index (κ3) is 2.42. The Kier molecular flexibility index (Phi) is 3.67. The Balaban J connectivity index is 1.72. The second kappa shape index (κ2) is 6.23. The summed E-state index contributed by atoms with van der Waals surface area (Å²) in [5.74, 6) is -1.21. The molecule has 142 valence electrons. The summed E-state index contributed by atoms with van der Waals surface area (Å²) in [6, 6.07) is 12.8. The van der Waals surface area contributed by atoms with E-state index in [0.29, 0.717) is 22.5 Å². The Bertz CT molecular complexity index is 1300. The fourth-order valence-electron chi connectivity index (χ4n) is 3.51. The van der Waals surface area contributed by atoms with Gasteiger partial charge >= 0.3 is 0 Å². The van der Waals surface area contributed by atoms with E-state index in [0.717, 1.165) is 10.5 Å². The molecule has 0 unspecified atom stereocenters. The Labute approximate surface area is 163 Å². The topological polar surface area (TPSA) is 88.2 Å². The zero-order valence-corrected chi connectivity index (χ0v) is 15.1. The second-order valence-electron chi connectivity index (χ2n) is 6.47. The number of benzene rings is 2. The minimum Gasteiger partial charge on any atom is -0.497 e. The first-order valence-corrected chi connectivity index (χ1v) is 8.75. The molecule has 0 bridgehead atoms. The molecule has 29 heavy (non-hydrogen) atoms. The van der Waals surface area contributed by atoms with Gasteiger partial charge in [-0.05, 0) is 36.4 Å². The first-order chi connectivity index (χ1) is 14.1. The normalized spacial score (nSPS) is 13.2. The lowest BCUT2D eigenvalue weighted by Gasteiger charge is -2.14. The second-order valence-corrected chi connectivity index (χ2v) is 6.47.